The smallest absolute Gasteiger partial charge is 0.0569 e. The van der Waals surface area contributed by atoms with Gasteiger partial charge in [-0.05, 0) is 32.1 Å². The van der Waals surface area contributed by atoms with E-state index in [4.69, 9.17) is 5.11 Å². The molecule has 1 rings (SSSR count). The van der Waals surface area contributed by atoms with Gasteiger partial charge in [-0.1, -0.05) is 12.8 Å². The summed E-state index contributed by atoms with van der Waals surface area (Å²) in [5, 5.41) is 18.6. The van der Waals surface area contributed by atoms with Crippen molar-refractivity contribution in [2.45, 2.75) is 51.2 Å². The predicted octanol–water partition coefficient (Wildman–Crippen LogP) is 1.31. The number of aliphatic hydroxyl groups excluding tert-OH is 2. The van der Waals surface area contributed by atoms with Crippen LogP contribution in [0.1, 0.15) is 39.0 Å². The van der Waals surface area contributed by atoms with Gasteiger partial charge >= 0.3 is 0 Å². The monoisotopic (exact) mass is 158 g/mol. The van der Waals surface area contributed by atoms with Gasteiger partial charge in [0.15, 0.2) is 0 Å². The van der Waals surface area contributed by atoms with E-state index in [1.165, 1.54) is 6.42 Å². The Kier molecular flexibility index (Phi) is 3.34. The fourth-order valence-electron chi connectivity index (χ4n) is 1.90. The Morgan fingerprint density at radius 2 is 2.00 bits per heavy atom. The van der Waals surface area contributed by atoms with Gasteiger partial charge in [-0.25, -0.2) is 0 Å². The molecule has 0 amide bonds. The van der Waals surface area contributed by atoms with E-state index >= 15 is 0 Å². The van der Waals surface area contributed by atoms with E-state index in [0.717, 1.165) is 25.7 Å². The van der Waals surface area contributed by atoms with Crippen molar-refractivity contribution in [3.63, 3.8) is 0 Å². The summed E-state index contributed by atoms with van der Waals surface area (Å²) in [6.45, 7) is 1.79. The molecular weight excluding hydrogens is 140 g/mol. The predicted molar refractivity (Wildman–Crippen MR) is 44.3 cm³/mol. The number of hydrogen-bond donors (Lipinski definition) is 2. The van der Waals surface area contributed by atoms with Crippen LogP contribution < -0.4 is 0 Å². The van der Waals surface area contributed by atoms with Crippen LogP contribution in [0.2, 0.25) is 0 Å². The van der Waals surface area contributed by atoms with Gasteiger partial charge in [0.2, 0.25) is 0 Å². The maximum atomic E-state index is 9.51. The zero-order valence-corrected chi connectivity index (χ0v) is 7.16. The van der Waals surface area contributed by atoms with Crippen LogP contribution in [0.5, 0.6) is 0 Å². The van der Waals surface area contributed by atoms with Crippen molar-refractivity contribution in [1.29, 1.82) is 0 Å². The number of hydrogen-bond acceptors (Lipinski definition) is 2. The van der Waals surface area contributed by atoms with Crippen molar-refractivity contribution >= 4 is 0 Å². The first kappa shape index (κ1) is 9.01. The molecule has 2 heteroatoms. The van der Waals surface area contributed by atoms with Crippen molar-refractivity contribution in [3.8, 4) is 0 Å². The summed E-state index contributed by atoms with van der Waals surface area (Å²) in [6, 6.07) is 0. The van der Waals surface area contributed by atoms with Crippen LogP contribution in [0.15, 0.2) is 0 Å². The molecule has 0 aliphatic heterocycles. The van der Waals surface area contributed by atoms with E-state index in [1.807, 2.05) is 0 Å². The minimum atomic E-state index is -0.257. The Balaban J connectivity index is 2.29. The highest BCUT2D eigenvalue weighted by atomic mass is 16.3. The molecule has 0 aromatic carbocycles. The average Bonchev–Trinajstić information content (AvgIpc) is 1.93. The highest BCUT2D eigenvalue weighted by Gasteiger charge is 2.23. The van der Waals surface area contributed by atoms with Crippen LogP contribution in [0.25, 0.3) is 0 Å². The molecule has 0 spiro atoms. The number of rotatable bonds is 2. The molecule has 1 fully saturated rings. The SMILES string of the molecule is CC(O)CC1CCCCC1O. The second-order valence-corrected chi connectivity index (χ2v) is 3.70. The lowest BCUT2D eigenvalue weighted by Gasteiger charge is -2.28. The molecule has 0 bridgehead atoms. The molecule has 11 heavy (non-hydrogen) atoms. The molecular formula is C9H18O2. The van der Waals surface area contributed by atoms with Crippen LogP contribution >= 0.6 is 0 Å². The molecule has 2 N–H and O–H groups in total. The molecule has 0 saturated heterocycles. The molecule has 0 aromatic rings. The summed E-state index contributed by atoms with van der Waals surface area (Å²) in [7, 11) is 0. The molecule has 66 valence electrons. The van der Waals surface area contributed by atoms with Crippen molar-refractivity contribution in [2.24, 2.45) is 5.92 Å². The first-order valence-electron chi connectivity index (χ1n) is 4.56. The molecule has 0 aromatic heterocycles. The fraction of sp³-hybridized carbons (Fsp3) is 1.00. The van der Waals surface area contributed by atoms with E-state index in [2.05, 4.69) is 0 Å². The normalized spacial score (nSPS) is 35.2. The van der Waals surface area contributed by atoms with Crippen LogP contribution in [0, 0.1) is 5.92 Å². The van der Waals surface area contributed by atoms with Crippen molar-refractivity contribution < 1.29 is 10.2 Å². The van der Waals surface area contributed by atoms with E-state index in [1.54, 1.807) is 6.92 Å². The third kappa shape index (κ3) is 2.80. The summed E-state index contributed by atoms with van der Waals surface area (Å²) >= 11 is 0. The van der Waals surface area contributed by atoms with Crippen LogP contribution in [-0.4, -0.2) is 22.4 Å². The van der Waals surface area contributed by atoms with E-state index < -0.39 is 0 Å². The van der Waals surface area contributed by atoms with Crippen molar-refractivity contribution in [1.82, 2.24) is 0 Å². The van der Waals surface area contributed by atoms with E-state index in [0.29, 0.717) is 5.92 Å². The maximum absolute atomic E-state index is 9.51. The standard InChI is InChI=1S/C9H18O2/c1-7(10)6-8-4-2-3-5-9(8)11/h7-11H,2-6H2,1H3. The van der Waals surface area contributed by atoms with E-state index in [9.17, 15) is 5.11 Å². The topological polar surface area (TPSA) is 40.5 Å². The largest absolute Gasteiger partial charge is 0.393 e. The molecule has 3 atom stereocenters. The highest BCUT2D eigenvalue weighted by molar-refractivity contribution is 4.75. The Labute approximate surface area is 68.2 Å². The van der Waals surface area contributed by atoms with Gasteiger partial charge in [-0.15, -0.1) is 0 Å². The molecule has 1 aliphatic carbocycles. The first-order chi connectivity index (χ1) is 5.20. The third-order valence-electron chi connectivity index (χ3n) is 2.51. The van der Waals surface area contributed by atoms with Crippen LogP contribution in [0.3, 0.4) is 0 Å². The maximum Gasteiger partial charge on any atom is 0.0569 e. The highest BCUT2D eigenvalue weighted by Crippen LogP contribution is 2.27. The molecule has 0 heterocycles. The zero-order chi connectivity index (χ0) is 8.27. The van der Waals surface area contributed by atoms with Gasteiger partial charge in [-0.2, -0.15) is 0 Å². The molecule has 3 unspecified atom stereocenters. The zero-order valence-electron chi connectivity index (χ0n) is 7.16. The molecule has 0 radical (unpaired) electrons. The van der Waals surface area contributed by atoms with Gasteiger partial charge in [0, 0.05) is 0 Å². The fourth-order valence-corrected chi connectivity index (χ4v) is 1.90. The van der Waals surface area contributed by atoms with Crippen molar-refractivity contribution in [3.05, 3.63) is 0 Å². The average molecular weight is 158 g/mol. The summed E-state index contributed by atoms with van der Waals surface area (Å²) in [6.07, 6.45) is 4.74. The Morgan fingerprint density at radius 1 is 1.36 bits per heavy atom. The lowest BCUT2D eigenvalue weighted by atomic mass is 9.83. The minimum Gasteiger partial charge on any atom is -0.393 e. The molecule has 1 saturated carbocycles. The van der Waals surface area contributed by atoms with Gasteiger partial charge in [-0.3, -0.25) is 0 Å². The van der Waals surface area contributed by atoms with Gasteiger partial charge in [0.05, 0.1) is 12.2 Å². The quantitative estimate of drug-likeness (QED) is 0.636. The second kappa shape index (κ2) is 4.07. The first-order valence-corrected chi connectivity index (χ1v) is 4.56. The Bertz CT molecular complexity index is 112. The van der Waals surface area contributed by atoms with Gasteiger partial charge in [0.1, 0.15) is 0 Å². The van der Waals surface area contributed by atoms with Crippen LogP contribution in [0.4, 0.5) is 0 Å². The number of aliphatic hydroxyl groups is 2. The summed E-state index contributed by atoms with van der Waals surface area (Å²) in [5.41, 5.74) is 0. The third-order valence-corrected chi connectivity index (χ3v) is 2.51. The minimum absolute atomic E-state index is 0.154. The molecule has 1 aliphatic rings. The second-order valence-electron chi connectivity index (χ2n) is 3.70. The van der Waals surface area contributed by atoms with E-state index in [-0.39, 0.29) is 12.2 Å². The van der Waals surface area contributed by atoms with Crippen molar-refractivity contribution in [2.75, 3.05) is 0 Å². The molecule has 2 nitrogen and oxygen atoms in total. The summed E-state index contributed by atoms with van der Waals surface area (Å²) in [5.74, 6) is 0.351. The summed E-state index contributed by atoms with van der Waals surface area (Å²) < 4.78 is 0. The van der Waals surface area contributed by atoms with Gasteiger partial charge in [0.25, 0.3) is 0 Å². The lowest BCUT2D eigenvalue weighted by molar-refractivity contribution is 0.0383. The lowest BCUT2D eigenvalue weighted by Crippen LogP contribution is -2.27. The van der Waals surface area contributed by atoms with Gasteiger partial charge < -0.3 is 10.2 Å². The Morgan fingerprint density at radius 3 is 2.55 bits per heavy atom. The van der Waals surface area contributed by atoms with Crippen LogP contribution in [-0.2, 0) is 0 Å². The summed E-state index contributed by atoms with van der Waals surface area (Å²) in [4.78, 5) is 0. The Hall–Kier alpha value is -0.0800.